The standard InChI is InChI=1S/C15H12F5NO3S/c1-21(9-10-2-7-13(16)14(17)8-10)25(22,23)12-5-3-11(4-6-12)24-15(18,19)20/h2-8H,9H2,1H3. The van der Waals surface area contributed by atoms with Gasteiger partial charge in [-0.25, -0.2) is 17.2 Å². The summed E-state index contributed by atoms with van der Waals surface area (Å²) in [6, 6.07) is 6.61. The van der Waals surface area contributed by atoms with Gasteiger partial charge in [0, 0.05) is 13.6 Å². The Bertz CT molecular complexity index is 850. The Labute approximate surface area is 140 Å². The molecule has 0 aromatic heterocycles. The highest BCUT2D eigenvalue weighted by Crippen LogP contribution is 2.25. The van der Waals surface area contributed by atoms with E-state index in [2.05, 4.69) is 4.74 Å². The number of sulfonamides is 1. The lowest BCUT2D eigenvalue weighted by atomic mass is 10.2. The van der Waals surface area contributed by atoms with Crippen LogP contribution in [-0.2, 0) is 16.6 Å². The summed E-state index contributed by atoms with van der Waals surface area (Å²) in [6.07, 6.45) is -4.89. The fraction of sp³-hybridized carbons (Fsp3) is 0.200. The van der Waals surface area contributed by atoms with Gasteiger partial charge in [0.15, 0.2) is 11.6 Å². The predicted octanol–water partition coefficient (Wildman–Crippen LogP) is 3.68. The first kappa shape index (κ1) is 19.1. The summed E-state index contributed by atoms with van der Waals surface area (Å²) in [5.74, 6) is -2.74. The molecule has 25 heavy (non-hydrogen) atoms. The van der Waals surface area contributed by atoms with Gasteiger partial charge in [0.05, 0.1) is 4.90 Å². The van der Waals surface area contributed by atoms with Crippen LogP contribution < -0.4 is 4.74 Å². The minimum Gasteiger partial charge on any atom is -0.406 e. The molecule has 0 atom stereocenters. The molecule has 0 aliphatic heterocycles. The zero-order chi connectivity index (χ0) is 18.8. The molecule has 0 spiro atoms. The SMILES string of the molecule is CN(Cc1ccc(F)c(F)c1)S(=O)(=O)c1ccc(OC(F)(F)F)cc1. The molecule has 2 rings (SSSR count). The average molecular weight is 381 g/mol. The number of alkyl halides is 3. The van der Waals surface area contributed by atoms with Crippen molar-refractivity contribution in [1.29, 1.82) is 0 Å². The molecule has 0 aliphatic rings. The van der Waals surface area contributed by atoms with Gasteiger partial charge in [0.2, 0.25) is 10.0 Å². The molecule has 0 saturated carbocycles. The highest BCUT2D eigenvalue weighted by molar-refractivity contribution is 7.89. The molecule has 0 saturated heterocycles. The van der Waals surface area contributed by atoms with Crippen molar-refractivity contribution < 1.29 is 35.1 Å². The Hall–Kier alpha value is -2.20. The van der Waals surface area contributed by atoms with E-state index in [0.29, 0.717) is 0 Å². The normalized spacial score (nSPS) is 12.4. The first-order valence-electron chi connectivity index (χ1n) is 6.75. The van der Waals surface area contributed by atoms with E-state index in [-0.39, 0.29) is 17.0 Å². The van der Waals surface area contributed by atoms with Crippen molar-refractivity contribution in [3.63, 3.8) is 0 Å². The van der Waals surface area contributed by atoms with Crippen molar-refractivity contribution in [3.05, 3.63) is 59.7 Å². The molecule has 4 nitrogen and oxygen atoms in total. The first-order chi connectivity index (χ1) is 11.5. The summed E-state index contributed by atoms with van der Waals surface area (Å²) in [6.45, 7) is -0.250. The van der Waals surface area contributed by atoms with Crippen LogP contribution in [0.3, 0.4) is 0 Å². The summed E-state index contributed by atoms with van der Waals surface area (Å²) in [5, 5.41) is 0. The molecule has 0 fully saturated rings. The van der Waals surface area contributed by atoms with Crippen molar-refractivity contribution in [1.82, 2.24) is 4.31 Å². The van der Waals surface area contributed by atoms with Crippen LogP contribution in [-0.4, -0.2) is 26.1 Å². The predicted molar refractivity (Wildman–Crippen MR) is 78.1 cm³/mol. The second kappa shape index (κ2) is 6.96. The smallest absolute Gasteiger partial charge is 0.406 e. The largest absolute Gasteiger partial charge is 0.573 e. The van der Waals surface area contributed by atoms with Gasteiger partial charge >= 0.3 is 6.36 Å². The number of halogens is 5. The third-order valence-electron chi connectivity index (χ3n) is 3.15. The van der Waals surface area contributed by atoms with Crippen molar-refractivity contribution in [3.8, 4) is 5.75 Å². The fourth-order valence-electron chi connectivity index (χ4n) is 1.97. The van der Waals surface area contributed by atoms with E-state index in [9.17, 15) is 30.4 Å². The summed E-state index contributed by atoms with van der Waals surface area (Å²) >= 11 is 0. The van der Waals surface area contributed by atoms with Crippen LogP contribution in [0.15, 0.2) is 47.4 Å². The van der Waals surface area contributed by atoms with Gasteiger partial charge in [0.1, 0.15) is 5.75 Å². The van der Waals surface area contributed by atoms with E-state index in [1.165, 1.54) is 13.1 Å². The van der Waals surface area contributed by atoms with Crippen LogP contribution in [0.5, 0.6) is 5.75 Å². The fourth-order valence-corrected chi connectivity index (χ4v) is 3.13. The van der Waals surface area contributed by atoms with Crippen molar-refractivity contribution >= 4 is 10.0 Å². The molecular formula is C15H12F5NO3S. The molecule has 0 unspecified atom stereocenters. The Morgan fingerprint density at radius 1 is 1.00 bits per heavy atom. The summed E-state index contributed by atoms with van der Waals surface area (Å²) in [5.41, 5.74) is 0.210. The molecule has 136 valence electrons. The molecular weight excluding hydrogens is 369 g/mol. The summed E-state index contributed by atoms with van der Waals surface area (Å²) in [4.78, 5) is -0.271. The van der Waals surface area contributed by atoms with Crippen LogP contribution in [0.4, 0.5) is 22.0 Å². The average Bonchev–Trinajstić information content (AvgIpc) is 2.50. The zero-order valence-electron chi connectivity index (χ0n) is 12.7. The third kappa shape index (κ3) is 4.89. The molecule has 0 amide bonds. The van der Waals surface area contributed by atoms with Gasteiger partial charge in [-0.15, -0.1) is 13.2 Å². The van der Waals surface area contributed by atoms with Gasteiger partial charge in [0.25, 0.3) is 0 Å². The molecule has 0 aliphatic carbocycles. The molecule has 0 N–H and O–H groups in total. The van der Waals surface area contributed by atoms with E-state index >= 15 is 0 Å². The van der Waals surface area contributed by atoms with Gasteiger partial charge in [-0.3, -0.25) is 0 Å². The molecule has 2 aromatic rings. The highest BCUT2D eigenvalue weighted by Gasteiger charge is 2.31. The number of nitrogens with zero attached hydrogens (tertiary/aromatic N) is 1. The number of ether oxygens (including phenoxy) is 1. The molecule has 0 heterocycles. The molecule has 0 radical (unpaired) electrons. The lowest BCUT2D eigenvalue weighted by molar-refractivity contribution is -0.274. The molecule has 2 aromatic carbocycles. The minimum absolute atomic E-state index is 0.210. The Kier molecular flexibility index (Phi) is 5.33. The van der Waals surface area contributed by atoms with Crippen molar-refractivity contribution in [2.45, 2.75) is 17.8 Å². The lowest BCUT2D eigenvalue weighted by Gasteiger charge is -2.18. The summed E-state index contributed by atoms with van der Waals surface area (Å²) in [7, 11) is -2.84. The van der Waals surface area contributed by atoms with Gasteiger partial charge in [-0.2, -0.15) is 4.31 Å². The van der Waals surface area contributed by atoms with Crippen LogP contribution in [0.1, 0.15) is 5.56 Å². The number of rotatable bonds is 5. The maximum Gasteiger partial charge on any atom is 0.573 e. The van der Waals surface area contributed by atoms with E-state index in [4.69, 9.17) is 0 Å². The number of benzene rings is 2. The maximum atomic E-state index is 13.2. The monoisotopic (exact) mass is 381 g/mol. The Balaban J connectivity index is 2.17. The van der Waals surface area contributed by atoms with Gasteiger partial charge in [-0.1, -0.05) is 6.07 Å². The van der Waals surface area contributed by atoms with Crippen molar-refractivity contribution in [2.24, 2.45) is 0 Å². The highest BCUT2D eigenvalue weighted by atomic mass is 32.2. The Morgan fingerprint density at radius 2 is 1.60 bits per heavy atom. The maximum absolute atomic E-state index is 13.2. The molecule has 10 heteroatoms. The Morgan fingerprint density at radius 3 is 2.12 bits per heavy atom. The minimum atomic E-state index is -4.89. The topological polar surface area (TPSA) is 46.6 Å². The van der Waals surface area contributed by atoms with E-state index in [1.54, 1.807) is 0 Å². The van der Waals surface area contributed by atoms with Crippen LogP contribution in [0, 0.1) is 11.6 Å². The van der Waals surface area contributed by atoms with Gasteiger partial charge in [-0.05, 0) is 42.0 Å². The van der Waals surface area contributed by atoms with Crippen LogP contribution in [0.2, 0.25) is 0 Å². The summed E-state index contributed by atoms with van der Waals surface area (Å²) < 4.78 is 91.7. The zero-order valence-corrected chi connectivity index (χ0v) is 13.5. The van der Waals surface area contributed by atoms with Crippen LogP contribution >= 0.6 is 0 Å². The van der Waals surface area contributed by atoms with Gasteiger partial charge < -0.3 is 4.74 Å². The van der Waals surface area contributed by atoms with E-state index < -0.39 is 33.8 Å². The second-order valence-electron chi connectivity index (χ2n) is 5.03. The number of hydrogen-bond acceptors (Lipinski definition) is 3. The van der Waals surface area contributed by atoms with Crippen LogP contribution in [0.25, 0.3) is 0 Å². The molecule has 0 bridgehead atoms. The van der Waals surface area contributed by atoms with E-state index in [1.807, 2.05) is 0 Å². The quantitative estimate of drug-likeness (QED) is 0.743. The number of hydrogen-bond donors (Lipinski definition) is 0. The van der Waals surface area contributed by atoms with E-state index in [0.717, 1.165) is 40.7 Å². The lowest BCUT2D eigenvalue weighted by Crippen LogP contribution is -2.26. The van der Waals surface area contributed by atoms with Crippen molar-refractivity contribution in [2.75, 3.05) is 7.05 Å². The first-order valence-corrected chi connectivity index (χ1v) is 8.19. The second-order valence-corrected chi connectivity index (χ2v) is 7.07. The third-order valence-corrected chi connectivity index (χ3v) is 4.97.